The van der Waals surface area contributed by atoms with Crippen molar-refractivity contribution < 1.29 is 62.8 Å². The van der Waals surface area contributed by atoms with Crippen molar-refractivity contribution >= 4 is 25.7 Å². The van der Waals surface area contributed by atoms with Gasteiger partial charge in [0, 0.05) is 12.8 Å². The number of carboxylic acid groups (broad SMARTS) is 1. The maximum atomic E-state index is 12.6. The second-order valence-electron chi connectivity index (χ2n) is 14.3. The van der Waals surface area contributed by atoms with Crippen LogP contribution in [-0.2, 0) is 37.5 Å². The maximum Gasteiger partial charge on any atom is 0.472 e. The lowest BCUT2D eigenvalue weighted by molar-refractivity contribution is -0.161. The molecular formula is C44H74NO13P. The molecule has 0 fully saturated rings. The summed E-state index contributed by atoms with van der Waals surface area (Å²) in [5.41, 5.74) is 5.31. The van der Waals surface area contributed by atoms with Crippen LogP contribution < -0.4 is 5.73 Å². The number of phosphoric acid groups is 1. The van der Waals surface area contributed by atoms with Gasteiger partial charge in [-0.25, -0.2) is 4.57 Å². The van der Waals surface area contributed by atoms with Gasteiger partial charge in [0.1, 0.15) is 12.6 Å². The van der Waals surface area contributed by atoms with E-state index in [1.54, 1.807) is 54.7 Å². The number of carbonyl (C=O) groups excluding carboxylic acids is 2. The fourth-order valence-electron chi connectivity index (χ4n) is 5.30. The first-order valence-electron chi connectivity index (χ1n) is 21.3. The van der Waals surface area contributed by atoms with Gasteiger partial charge in [-0.2, -0.15) is 0 Å². The predicted octanol–water partition coefficient (Wildman–Crippen LogP) is 7.86. The molecule has 0 rings (SSSR count). The third-order valence-electron chi connectivity index (χ3n) is 8.80. The predicted molar refractivity (Wildman–Crippen MR) is 230 cm³/mol. The monoisotopic (exact) mass is 855 g/mol. The second-order valence-corrected chi connectivity index (χ2v) is 15.8. The zero-order valence-electron chi connectivity index (χ0n) is 35.4. The van der Waals surface area contributed by atoms with Crippen molar-refractivity contribution in [1.29, 1.82) is 0 Å². The maximum absolute atomic E-state index is 12.6. The van der Waals surface area contributed by atoms with Crippen LogP contribution in [0.25, 0.3) is 0 Å². The number of unbranched alkanes of at least 4 members (excludes halogenated alkanes) is 12. The van der Waals surface area contributed by atoms with Crippen LogP contribution >= 0.6 is 7.82 Å². The van der Waals surface area contributed by atoms with E-state index < -0.39 is 76.0 Å². The van der Waals surface area contributed by atoms with E-state index in [-0.39, 0.29) is 25.7 Å². The first-order valence-corrected chi connectivity index (χ1v) is 22.8. The molecule has 0 aromatic heterocycles. The standard InChI is InChI=1S/C44H74NO13P/c1-3-5-7-8-9-10-11-12-13-14-15-20-26-32-42(49)55-34-38(35-56-59(53,54)57-36-39(45)44(51)52)58-43(50)33-27-21-24-29-37(46)28-23-18-16-17-19-25-31-41(48)40(47)30-22-6-4-2/h6,16-19,21-25,28,31,37-41,46-48H,3-5,7-15,20,26-27,29-30,32-36,45H2,1-2H3,(H,51,52)(H,53,54)/b18-16+,19-17-,22-6-,24-21+,28-23+,31-25+. The zero-order chi connectivity index (χ0) is 44.0. The lowest BCUT2D eigenvalue weighted by Crippen LogP contribution is -2.34. The number of esters is 2. The molecule has 6 unspecified atom stereocenters. The average Bonchev–Trinajstić information content (AvgIpc) is 3.20. The van der Waals surface area contributed by atoms with Gasteiger partial charge in [0.2, 0.25) is 0 Å². The third-order valence-corrected chi connectivity index (χ3v) is 9.75. The lowest BCUT2D eigenvalue weighted by atomic mass is 10.0. The normalized spacial score (nSPS) is 16.1. The first kappa shape index (κ1) is 55.8. The van der Waals surface area contributed by atoms with Crippen LogP contribution in [0.1, 0.15) is 136 Å². The number of hydrogen-bond acceptors (Lipinski definition) is 12. The van der Waals surface area contributed by atoms with Crippen LogP contribution in [0.3, 0.4) is 0 Å². The highest BCUT2D eigenvalue weighted by Gasteiger charge is 2.28. The molecule has 15 heteroatoms. The smallest absolute Gasteiger partial charge is 0.472 e. The summed E-state index contributed by atoms with van der Waals surface area (Å²) in [6, 6.07) is -1.57. The van der Waals surface area contributed by atoms with Gasteiger partial charge in [0.25, 0.3) is 0 Å². The molecular weight excluding hydrogens is 781 g/mol. The van der Waals surface area contributed by atoms with Gasteiger partial charge in [-0.15, -0.1) is 0 Å². The summed E-state index contributed by atoms with van der Waals surface area (Å²) < 4.78 is 32.5. The number of aliphatic hydroxyl groups excluding tert-OH is 3. The van der Waals surface area contributed by atoms with Crippen LogP contribution in [0, 0.1) is 0 Å². The molecule has 0 radical (unpaired) electrons. The summed E-state index contributed by atoms with van der Waals surface area (Å²) in [6.07, 6.45) is 33.6. The molecule has 0 aliphatic heterocycles. The Morgan fingerprint density at radius 3 is 1.78 bits per heavy atom. The van der Waals surface area contributed by atoms with Crippen molar-refractivity contribution in [2.75, 3.05) is 19.8 Å². The van der Waals surface area contributed by atoms with Crippen LogP contribution in [0.4, 0.5) is 0 Å². The van der Waals surface area contributed by atoms with E-state index >= 15 is 0 Å². The molecule has 0 heterocycles. The Hall–Kier alpha value is -3.20. The van der Waals surface area contributed by atoms with Crippen molar-refractivity contribution in [2.24, 2.45) is 5.73 Å². The molecule has 14 nitrogen and oxygen atoms in total. The molecule has 0 saturated heterocycles. The topological polar surface area (TPSA) is 232 Å². The highest BCUT2D eigenvalue weighted by atomic mass is 31.2. The van der Waals surface area contributed by atoms with Crippen LogP contribution in [0.5, 0.6) is 0 Å². The fraction of sp³-hybridized carbons (Fsp3) is 0.659. The Kier molecular flexibility index (Phi) is 35.7. The Morgan fingerprint density at radius 2 is 1.19 bits per heavy atom. The molecule has 338 valence electrons. The minimum Gasteiger partial charge on any atom is -0.480 e. The Bertz CT molecular complexity index is 1330. The largest absolute Gasteiger partial charge is 0.480 e. The van der Waals surface area contributed by atoms with Gasteiger partial charge in [0.05, 0.1) is 31.5 Å². The number of hydrogen-bond donors (Lipinski definition) is 6. The number of aliphatic hydroxyl groups is 3. The highest BCUT2D eigenvalue weighted by Crippen LogP contribution is 2.43. The van der Waals surface area contributed by atoms with Crippen molar-refractivity contribution in [1.82, 2.24) is 0 Å². The first-order chi connectivity index (χ1) is 28.3. The van der Waals surface area contributed by atoms with Crippen LogP contribution in [0.15, 0.2) is 72.9 Å². The van der Waals surface area contributed by atoms with E-state index in [9.17, 15) is 39.2 Å². The SMILES string of the molecule is CC/C=C\CC(O)C(O)/C=C/C=C\C=C\C=C\C(O)C/C=C/CCC(=O)OC(COC(=O)CCCCCCCCCCCCCCC)COP(=O)(O)OCC(N)C(=O)O. The van der Waals surface area contributed by atoms with Gasteiger partial charge in [-0.05, 0) is 32.1 Å². The Balaban J connectivity index is 4.71. The van der Waals surface area contributed by atoms with E-state index in [0.29, 0.717) is 12.8 Å². The van der Waals surface area contributed by atoms with Gasteiger partial charge in [-0.3, -0.25) is 23.4 Å². The molecule has 0 aromatic carbocycles. The summed E-state index contributed by atoms with van der Waals surface area (Å²) in [6.45, 7) is 2.30. The Labute approximate surface area is 352 Å². The molecule has 0 amide bonds. The number of phosphoric ester groups is 1. The average molecular weight is 856 g/mol. The number of ether oxygens (including phenoxy) is 2. The van der Waals surface area contributed by atoms with Crippen molar-refractivity contribution in [3.63, 3.8) is 0 Å². The number of nitrogens with two attached hydrogens (primary N) is 1. The minimum absolute atomic E-state index is 0.0813. The summed E-state index contributed by atoms with van der Waals surface area (Å²) in [5.74, 6) is -2.65. The van der Waals surface area contributed by atoms with Crippen molar-refractivity contribution in [3.05, 3.63) is 72.9 Å². The molecule has 0 aliphatic carbocycles. The van der Waals surface area contributed by atoms with Gasteiger partial charge in [0.15, 0.2) is 6.10 Å². The molecule has 0 aliphatic rings. The summed E-state index contributed by atoms with van der Waals surface area (Å²) in [7, 11) is -4.79. The van der Waals surface area contributed by atoms with E-state index in [1.807, 2.05) is 19.1 Å². The zero-order valence-corrected chi connectivity index (χ0v) is 36.3. The fourth-order valence-corrected chi connectivity index (χ4v) is 6.07. The van der Waals surface area contributed by atoms with Crippen LogP contribution in [0.2, 0.25) is 0 Å². The second kappa shape index (κ2) is 37.8. The van der Waals surface area contributed by atoms with E-state index in [2.05, 4.69) is 11.4 Å². The van der Waals surface area contributed by atoms with Gasteiger partial charge in [-0.1, -0.05) is 164 Å². The van der Waals surface area contributed by atoms with E-state index in [0.717, 1.165) is 25.7 Å². The Morgan fingerprint density at radius 1 is 0.644 bits per heavy atom. The number of allylic oxidation sites excluding steroid dienone is 8. The minimum atomic E-state index is -4.79. The number of aliphatic carboxylic acids is 1. The summed E-state index contributed by atoms with van der Waals surface area (Å²) >= 11 is 0. The molecule has 59 heavy (non-hydrogen) atoms. The molecule has 0 bridgehead atoms. The summed E-state index contributed by atoms with van der Waals surface area (Å²) in [4.78, 5) is 45.9. The molecule has 0 spiro atoms. The number of carbonyl (C=O) groups is 3. The van der Waals surface area contributed by atoms with Gasteiger partial charge < -0.3 is 40.5 Å². The van der Waals surface area contributed by atoms with Gasteiger partial charge >= 0.3 is 25.7 Å². The number of carboxylic acids is 1. The van der Waals surface area contributed by atoms with Crippen molar-refractivity contribution in [3.8, 4) is 0 Å². The quantitative estimate of drug-likeness (QED) is 0.0114. The molecule has 0 saturated carbocycles. The molecule has 6 atom stereocenters. The van der Waals surface area contributed by atoms with Crippen LogP contribution in [-0.4, -0.2) is 93.5 Å². The summed E-state index contributed by atoms with van der Waals surface area (Å²) in [5, 5.41) is 38.9. The van der Waals surface area contributed by atoms with Crippen molar-refractivity contribution in [2.45, 2.75) is 166 Å². The lowest BCUT2D eigenvalue weighted by Gasteiger charge is -2.20. The molecule has 7 N–H and O–H groups in total. The third kappa shape index (κ3) is 36.4. The van der Waals surface area contributed by atoms with E-state index in [1.165, 1.54) is 63.9 Å². The molecule has 0 aromatic rings. The van der Waals surface area contributed by atoms with E-state index in [4.69, 9.17) is 24.8 Å². The highest BCUT2D eigenvalue weighted by molar-refractivity contribution is 7.47. The number of rotatable bonds is 38.